The van der Waals surface area contributed by atoms with Crippen LogP contribution in [0.4, 0.5) is 0 Å². The van der Waals surface area contributed by atoms with Gasteiger partial charge in [0.1, 0.15) is 0 Å². The summed E-state index contributed by atoms with van der Waals surface area (Å²) < 4.78 is 1.85. The third-order valence-corrected chi connectivity index (χ3v) is 5.40. The molecule has 0 saturated carbocycles. The Balaban J connectivity index is 1.37. The molecule has 0 bridgehead atoms. The fourth-order valence-electron chi connectivity index (χ4n) is 3.87. The van der Waals surface area contributed by atoms with Crippen LogP contribution in [-0.4, -0.2) is 29.1 Å². The Hall–Kier alpha value is -2.39. The lowest BCUT2D eigenvalue weighted by atomic mass is 9.89. The Morgan fingerprint density at radius 2 is 1.56 bits per heavy atom. The fourth-order valence-corrected chi connectivity index (χ4v) is 3.87. The highest BCUT2D eigenvalue weighted by atomic mass is 16.1. The maximum absolute atomic E-state index is 12.6. The van der Waals surface area contributed by atoms with Gasteiger partial charge in [0.15, 0.2) is 0 Å². The van der Waals surface area contributed by atoms with E-state index in [0.29, 0.717) is 5.92 Å². The van der Waals surface area contributed by atoms with Crippen LogP contribution in [-0.2, 0) is 6.54 Å². The molecule has 3 nitrogen and oxygen atoms in total. The van der Waals surface area contributed by atoms with Crippen molar-refractivity contribution in [3.05, 3.63) is 82.8 Å². The van der Waals surface area contributed by atoms with E-state index >= 15 is 0 Å². The van der Waals surface area contributed by atoms with Crippen LogP contribution in [0, 0.1) is 0 Å². The standard InChI is InChI=1S/C22H24N2O/c25-22-21-9-5-4-8-20(21)12-15-24(22)17-16-23-13-10-19(11-14-23)18-6-2-1-3-7-18/h1-9,12,15,19H,10-11,13-14,16-17H2. The Morgan fingerprint density at radius 1 is 0.840 bits per heavy atom. The van der Waals surface area contributed by atoms with Gasteiger partial charge >= 0.3 is 0 Å². The second-order valence-corrected chi connectivity index (χ2v) is 6.93. The van der Waals surface area contributed by atoms with Crippen molar-refractivity contribution in [3.8, 4) is 0 Å². The summed E-state index contributed by atoms with van der Waals surface area (Å²) in [6, 6.07) is 20.7. The van der Waals surface area contributed by atoms with E-state index in [-0.39, 0.29) is 5.56 Å². The summed E-state index contributed by atoms with van der Waals surface area (Å²) in [7, 11) is 0. The molecule has 1 aliphatic heterocycles. The van der Waals surface area contributed by atoms with Gasteiger partial charge in [-0.05, 0) is 54.9 Å². The molecular weight excluding hydrogens is 308 g/mol. The van der Waals surface area contributed by atoms with E-state index < -0.39 is 0 Å². The number of hydrogen-bond donors (Lipinski definition) is 0. The molecule has 0 aliphatic carbocycles. The number of fused-ring (bicyclic) bond motifs is 1. The minimum absolute atomic E-state index is 0.122. The zero-order chi connectivity index (χ0) is 17.1. The smallest absolute Gasteiger partial charge is 0.258 e. The molecule has 1 aliphatic rings. The van der Waals surface area contributed by atoms with Crippen LogP contribution < -0.4 is 5.56 Å². The van der Waals surface area contributed by atoms with Crippen LogP contribution in [0.5, 0.6) is 0 Å². The maximum Gasteiger partial charge on any atom is 0.258 e. The van der Waals surface area contributed by atoms with E-state index in [2.05, 4.69) is 35.2 Å². The minimum atomic E-state index is 0.122. The van der Waals surface area contributed by atoms with Gasteiger partial charge in [0, 0.05) is 24.7 Å². The number of aromatic nitrogens is 1. The molecule has 4 rings (SSSR count). The molecule has 0 unspecified atom stereocenters. The lowest BCUT2D eigenvalue weighted by Crippen LogP contribution is -2.36. The zero-order valence-electron chi connectivity index (χ0n) is 14.5. The van der Waals surface area contributed by atoms with Crippen molar-refractivity contribution in [2.45, 2.75) is 25.3 Å². The highest BCUT2D eigenvalue weighted by molar-refractivity contribution is 5.81. The lowest BCUT2D eigenvalue weighted by Gasteiger charge is -2.32. The van der Waals surface area contributed by atoms with Crippen LogP contribution in [0.15, 0.2) is 71.7 Å². The van der Waals surface area contributed by atoms with E-state index in [1.165, 1.54) is 18.4 Å². The Kier molecular flexibility index (Phi) is 4.66. The van der Waals surface area contributed by atoms with E-state index in [1.54, 1.807) is 0 Å². The van der Waals surface area contributed by atoms with Crippen molar-refractivity contribution in [1.82, 2.24) is 9.47 Å². The molecule has 1 aromatic heterocycles. The maximum atomic E-state index is 12.6. The number of piperidine rings is 1. The normalized spacial score (nSPS) is 16.3. The molecule has 0 radical (unpaired) electrons. The van der Waals surface area contributed by atoms with Crippen LogP contribution >= 0.6 is 0 Å². The van der Waals surface area contributed by atoms with Crippen molar-refractivity contribution in [3.63, 3.8) is 0 Å². The van der Waals surface area contributed by atoms with Crippen molar-refractivity contribution in [1.29, 1.82) is 0 Å². The molecule has 128 valence electrons. The lowest BCUT2D eigenvalue weighted by molar-refractivity contribution is 0.204. The highest BCUT2D eigenvalue weighted by Crippen LogP contribution is 2.27. The second-order valence-electron chi connectivity index (χ2n) is 6.93. The third-order valence-electron chi connectivity index (χ3n) is 5.40. The molecule has 3 aromatic rings. The molecule has 25 heavy (non-hydrogen) atoms. The van der Waals surface area contributed by atoms with Crippen LogP contribution in [0.25, 0.3) is 10.8 Å². The van der Waals surface area contributed by atoms with Gasteiger partial charge in [-0.25, -0.2) is 0 Å². The Labute approximate surface area is 148 Å². The first-order chi connectivity index (χ1) is 12.3. The summed E-state index contributed by atoms with van der Waals surface area (Å²) in [4.78, 5) is 15.1. The molecule has 2 aromatic carbocycles. The molecule has 1 fully saturated rings. The molecule has 0 spiro atoms. The first-order valence-corrected chi connectivity index (χ1v) is 9.17. The monoisotopic (exact) mass is 332 g/mol. The quantitative estimate of drug-likeness (QED) is 0.724. The van der Waals surface area contributed by atoms with Crippen molar-refractivity contribution in [2.75, 3.05) is 19.6 Å². The third kappa shape index (κ3) is 3.52. The number of rotatable bonds is 4. The van der Waals surface area contributed by atoms with Crippen LogP contribution in [0.3, 0.4) is 0 Å². The van der Waals surface area contributed by atoms with Gasteiger partial charge in [0.25, 0.3) is 5.56 Å². The van der Waals surface area contributed by atoms with Crippen molar-refractivity contribution >= 4 is 10.8 Å². The topological polar surface area (TPSA) is 25.2 Å². The average molecular weight is 332 g/mol. The number of hydrogen-bond acceptors (Lipinski definition) is 2. The average Bonchev–Trinajstić information content (AvgIpc) is 2.69. The number of likely N-dealkylation sites (tertiary alicyclic amines) is 1. The molecule has 3 heteroatoms. The number of pyridine rings is 1. The predicted octanol–water partition coefficient (Wildman–Crippen LogP) is 3.88. The first kappa shape index (κ1) is 16.1. The summed E-state index contributed by atoms with van der Waals surface area (Å²) >= 11 is 0. The molecular formula is C22H24N2O. The van der Waals surface area contributed by atoms with E-state index in [1.807, 2.05) is 41.1 Å². The fraction of sp³-hybridized carbons (Fsp3) is 0.318. The molecule has 1 saturated heterocycles. The zero-order valence-corrected chi connectivity index (χ0v) is 14.5. The summed E-state index contributed by atoms with van der Waals surface area (Å²) in [5.74, 6) is 0.681. The number of nitrogens with zero attached hydrogens (tertiary/aromatic N) is 2. The van der Waals surface area contributed by atoms with E-state index in [9.17, 15) is 4.79 Å². The van der Waals surface area contributed by atoms with Gasteiger partial charge in [-0.1, -0.05) is 48.5 Å². The molecule has 0 atom stereocenters. The van der Waals surface area contributed by atoms with E-state index in [0.717, 1.165) is 37.0 Å². The second kappa shape index (κ2) is 7.24. The SMILES string of the molecule is O=c1c2ccccc2ccn1CCN1CCC(c2ccccc2)CC1. The Morgan fingerprint density at radius 3 is 2.36 bits per heavy atom. The van der Waals surface area contributed by atoms with Gasteiger partial charge in [-0.15, -0.1) is 0 Å². The van der Waals surface area contributed by atoms with Gasteiger partial charge in [-0.2, -0.15) is 0 Å². The molecule has 0 amide bonds. The van der Waals surface area contributed by atoms with Crippen molar-refractivity contribution in [2.24, 2.45) is 0 Å². The summed E-state index contributed by atoms with van der Waals surface area (Å²) in [5.41, 5.74) is 1.59. The molecule has 0 N–H and O–H groups in total. The van der Waals surface area contributed by atoms with Crippen LogP contribution in [0.1, 0.15) is 24.3 Å². The highest BCUT2D eigenvalue weighted by Gasteiger charge is 2.20. The largest absolute Gasteiger partial charge is 0.314 e. The van der Waals surface area contributed by atoms with Crippen molar-refractivity contribution < 1.29 is 0 Å². The van der Waals surface area contributed by atoms with E-state index in [4.69, 9.17) is 0 Å². The summed E-state index contributed by atoms with van der Waals surface area (Å²) in [5, 5.41) is 1.83. The number of benzene rings is 2. The summed E-state index contributed by atoms with van der Waals surface area (Å²) in [6.07, 6.45) is 4.34. The van der Waals surface area contributed by atoms with Gasteiger partial charge < -0.3 is 9.47 Å². The summed E-state index contributed by atoms with van der Waals surface area (Å²) in [6.45, 7) is 3.93. The minimum Gasteiger partial charge on any atom is -0.314 e. The van der Waals surface area contributed by atoms with Gasteiger partial charge in [0.05, 0.1) is 0 Å². The first-order valence-electron chi connectivity index (χ1n) is 9.17. The molecule has 2 heterocycles. The predicted molar refractivity (Wildman–Crippen MR) is 103 cm³/mol. The van der Waals surface area contributed by atoms with Gasteiger partial charge in [-0.3, -0.25) is 4.79 Å². The van der Waals surface area contributed by atoms with Crippen LogP contribution in [0.2, 0.25) is 0 Å². The van der Waals surface area contributed by atoms with Gasteiger partial charge in [0.2, 0.25) is 0 Å². The Bertz CT molecular complexity index is 893.